The van der Waals surface area contributed by atoms with Crippen LogP contribution in [0.1, 0.15) is 37.2 Å². The van der Waals surface area contributed by atoms with E-state index in [4.69, 9.17) is 11.6 Å². The standard InChI is InChI=1S/C19H22ClN5/c1-5-19(4,21-17-11-6-13(2)12-14(17)3)18-22-23-24-25(18)16-9-7-15(20)8-10-16/h6-12,21H,5H2,1-4H3. The summed E-state index contributed by atoms with van der Waals surface area (Å²) in [4.78, 5) is 0. The summed E-state index contributed by atoms with van der Waals surface area (Å²) < 4.78 is 1.76. The van der Waals surface area contributed by atoms with E-state index in [-0.39, 0.29) is 0 Å². The van der Waals surface area contributed by atoms with Gasteiger partial charge in [0.15, 0.2) is 5.82 Å². The van der Waals surface area contributed by atoms with Gasteiger partial charge in [-0.3, -0.25) is 0 Å². The molecule has 0 amide bonds. The van der Waals surface area contributed by atoms with E-state index in [1.807, 2.05) is 24.3 Å². The highest BCUT2D eigenvalue weighted by molar-refractivity contribution is 6.30. The summed E-state index contributed by atoms with van der Waals surface area (Å²) in [5, 5.41) is 16.7. The molecule has 3 aromatic rings. The van der Waals surface area contributed by atoms with Crippen molar-refractivity contribution in [2.45, 2.75) is 39.7 Å². The van der Waals surface area contributed by atoms with Crippen molar-refractivity contribution in [3.63, 3.8) is 0 Å². The Morgan fingerprint density at radius 2 is 1.84 bits per heavy atom. The average molecular weight is 356 g/mol. The first-order chi connectivity index (χ1) is 11.9. The smallest absolute Gasteiger partial charge is 0.181 e. The van der Waals surface area contributed by atoms with Crippen molar-refractivity contribution in [3.8, 4) is 5.69 Å². The maximum absolute atomic E-state index is 5.99. The third-order valence-electron chi connectivity index (χ3n) is 4.53. The lowest BCUT2D eigenvalue weighted by molar-refractivity contribution is 0.474. The normalized spacial score (nSPS) is 13.5. The molecule has 0 saturated heterocycles. The summed E-state index contributed by atoms with van der Waals surface area (Å²) >= 11 is 5.99. The largest absolute Gasteiger partial charge is 0.373 e. The molecular formula is C19H22ClN5. The molecule has 0 radical (unpaired) electrons. The Kier molecular flexibility index (Phi) is 4.77. The molecule has 130 valence electrons. The van der Waals surface area contributed by atoms with E-state index in [1.165, 1.54) is 11.1 Å². The number of hydrogen-bond donors (Lipinski definition) is 1. The quantitative estimate of drug-likeness (QED) is 0.722. The zero-order valence-corrected chi connectivity index (χ0v) is 15.7. The molecule has 1 heterocycles. The Balaban J connectivity index is 2.00. The molecule has 0 spiro atoms. The number of benzene rings is 2. The number of rotatable bonds is 5. The van der Waals surface area contributed by atoms with Gasteiger partial charge in [-0.25, -0.2) is 0 Å². The lowest BCUT2D eigenvalue weighted by Gasteiger charge is -2.30. The van der Waals surface area contributed by atoms with E-state index in [0.29, 0.717) is 5.02 Å². The highest BCUT2D eigenvalue weighted by Crippen LogP contribution is 2.30. The highest BCUT2D eigenvalue weighted by atomic mass is 35.5. The molecule has 6 heteroatoms. The van der Waals surface area contributed by atoms with E-state index in [2.05, 4.69) is 66.7 Å². The van der Waals surface area contributed by atoms with Gasteiger partial charge < -0.3 is 5.32 Å². The van der Waals surface area contributed by atoms with E-state index in [0.717, 1.165) is 23.6 Å². The van der Waals surface area contributed by atoms with Crippen LogP contribution in [0, 0.1) is 13.8 Å². The van der Waals surface area contributed by atoms with Crippen LogP contribution in [0.5, 0.6) is 0 Å². The number of halogens is 1. The molecule has 1 aromatic heterocycles. The summed E-state index contributed by atoms with van der Waals surface area (Å²) in [5.74, 6) is 0.761. The Morgan fingerprint density at radius 3 is 2.48 bits per heavy atom. The monoisotopic (exact) mass is 355 g/mol. The Bertz CT molecular complexity index is 872. The van der Waals surface area contributed by atoms with Crippen LogP contribution in [-0.4, -0.2) is 20.2 Å². The fourth-order valence-corrected chi connectivity index (χ4v) is 2.97. The molecule has 5 nitrogen and oxygen atoms in total. The van der Waals surface area contributed by atoms with Crippen molar-refractivity contribution in [2.75, 3.05) is 5.32 Å². The molecule has 2 aromatic carbocycles. The van der Waals surface area contributed by atoms with Gasteiger partial charge in [-0.2, -0.15) is 4.68 Å². The molecule has 0 fully saturated rings. The number of anilines is 1. The minimum absolute atomic E-state index is 0.414. The number of nitrogens with zero attached hydrogens (tertiary/aromatic N) is 4. The van der Waals surface area contributed by atoms with Crippen molar-refractivity contribution >= 4 is 17.3 Å². The van der Waals surface area contributed by atoms with Crippen molar-refractivity contribution in [3.05, 3.63) is 64.4 Å². The van der Waals surface area contributed by atoms with Gasteiger partial charge in [0.05, 0.1) is 11.2 Å². The molecule has 1 unspecified atom stereocenters. The predicted octanol–water partition coefficient (Wildman–Crippen LogP) is 4.67. The maximum Gasteiger partial charge on any atom is 0.181 e. The zero-order chi connectivity index (χ0) is 18.0. The first kappa shape index (κ1) is 17.4. The fraction of sp³-hybridized carbons (Fsp3) is 0.316. The van der Waals surface area contributed by atoms with E-state index < -0.39 is 5.54 Å². The highest BCUT2D eigenvalue weighted by Gasteiger charge is 2.32. The molecule has 0 aliphatic heterocycles. The predicted molar refractivity (Wildman–Crippen MR) is 101 cm³/mol. The van der Waals surface area contributed by atoms with Crippen LogP contribution in [0.15, 0.2) is 42.5 Å². The molecule has 3 rings (SSSR count). The van der Waals surface area contributed by atoms with E-state index >= 15 is 0 Å². The summed E-state index contributed by atoms with van der Waals surface area (Å²) in [5.41, 5.74) is 3.99. The van der Waals surface area contributed by atoms with Gasteiger partial charge in [0.2, 0.25) is 0 Å². The molecule has 1 N–H and O–H groups in total. The number of tetrazole rings is 1. The lowest BCUT2D eigenvalue weighted by atomic mass is 9.96. The van der Waals surface area contributed by atoms with E-state index in [1.54, 1.807) is 4.68 Å². The Hall–Kier alpha value is -2.40. The van der Waals surface area contributed by atoms with Crippen molar-refractivity contribution in [2.24, 2.45) is 0 Å². The van der Waals surface area contributed by atoms with E-state index in [9.17, 15) is 0 Å². The number of nitrogens with one attached hydrogen (secondary N) is 1. The van der Waals surface area contributed by atoms with Crippen LogP contribution in [0.2, 0.25) is 5.02 Å². The fourth-order valence-electron chi connectivity index (χ4n) is 2.84. The Labute approximate surface area is 153 Å². The SMILES string of the molecule is CCC(C)(Nc1ccc(C)cc1C)c1nnnn1-c1ccc(Cl)cc1. The molecule has 25 heavy (non-hydrogen) atoms. The van der Waals surface area contributed by atoms with Gasteiger partial charge in [-0.1, -0.05) is 36.2 Å². The molecule has 0 aliphatic rings. The summed E-state index contributed by atoms with van der Waals surface area (Å²) in [6.45, 7) is 8.44. The lowest BCUT2D eigenvalue weighted by Crippen LogP contribution is -2.35. The number of aryl methyl sites for hydroxylation is 2. The van der Waals surface area contributed by atoms with Gasteiger partial charge in [0.25, 0.3) is 0 Å². The van der Waals surface area contributed by atoms with Crippen molar-refractivity contribution < 1.29 is 0 Å². The number of hydrogen-bond acceptors (Lipinski definition) is 4. The van der Waals surface area contributed by atoms with Gasteiger partial charge in [-0.15, -0.1) is 5.10 Å². The second-order valence-corrected chi connectivity index (χ2v) is 6.96. The van der Waals surface area contributed by atoms with Crippen LogP contribution in [0.25, 0.3) is 5.69 Å². The van der Waals surface area contributed by atoms with Crippen LogP contribution in [0.4, 0.5) is 5.69 Å². The maximum atomic E-state index is 5.99. The van der Waals surface area contributed by atoms with Gasteiger partial charge in [0.1, 0.15) is 0 Å². The summed E-state index contributed by atoms with van der Waals surface area (Å²) in [6.07, 6.45) is 0.828. The first-order valence-corrected chi connectivity index (χ1v) is 8.71. The summed E-state index contributed by atoms with van der Waals surface area (Å²) in [6, 6.07) is 13.9. The second kappa shape index (κ2) is 6.84. The minimum Gasteiger partial charge on any atom is -0.373 e. The van der Waals surface area contributed by atoms with Crippen LogP contribution >= 0.6 is 11.6 Å². The summed E-state index contributed by atoms with van der Waals surface area (Å²) in [7, 11) is 0. The number of aromatic nitrogens is 4. The van der Waals surface area contributed by atoms with Crippen LogP contribution < -0.4 is 5.32 Å². The van der Waals surface area contributed by atoms with Crippen molar-refractivity contribution in [1.82, 2.24) is 20.2 Å². The average Bonchev–Trinajstić information content (AvgIpc) is 3.08. The molecular weight excluding hydrogens is 334 g/mol. The van der Waals surface area contributed by atoms with Crippen LogP contribution in [0.3, 0.4) is 0 Å². The first-order valence-electron chi connectivity index (χ1n) is 8.33. The zero-order valence-electron chi connectivity index (χ0n) is 14.9. The molecule has 0 aliphatic carbocycles. The molecule has 0 saturated carbocycles. The second-order valence-electron chi connectivity index (χ2n) is 6.52. The Morgan fingerprint density at radius 1 is 1.12 bits per heavy atom. The third-order valence-corrected chi connectivity index (χ3v) is 4.79. The van der Waals surface area contributed by atoms with Gasteiger partial charge in [0, 0.05) is 10.7 Å². The molecule has 1 atom stereocenters. The van der Waals surface area contributed by atoms with Crippen LogP contribution in [-0.2, 0) is 5.54 Å². The third kappa shape index (κ3) is 3.51. The minimum atomic E-state index is -0.414. The van der Waals surface area contributed by atoms with Gasteiger partial charge >= 0.3 is 0 Å². The van der Waals surface area contributed by atoms with Crippen molar-refractivity contribution in [1.29, 1.82) is 0 Å². The van der Waals surface area contributed by atoms with Gasteiger partial charge in [-0.05, 0) is 73.5 Å². The molecule has 0 bridgehead atoms. The topological polar surface area (TPSA) is 55.6 Å².